The number of morpholine rings is 1. The molecule has 1 N–H and O–H groups in total. The zero-order valence-corrected chi connectivity index (χ0v) is 18.5. The normalized spacial score (nSPS) is 17.6. The van der Waals surface area contributed by atoms with E-state index in [4.69, 9.17) is 4.74 Å². The Kier molecular flexibility index (Phi) is 6.20. The van der Waals surface area contributed by atoms with Crippen molar-refractivity contribution in [2.75, 3.05) is 49.6 Å². The molecule has 2 aliphatic rings. The number of rotatable bonds is 4. The maximum atomic E-state index is 12.7. The molecule has 2 aliphatic heterocycles. The van der Waals surface area contributed by atoms with Gasteiger partial charge in [-0.3, -0.25) is 14.7 Å². The number of benzene rings is 2. The van der Waals surface area contributed by atoms with E-state index >= 15 is 0 Å². The third-order valence-electron chi connectivity index (χ3n) is 6.61. The summed E-state index contributed by atoms with van der Waals surface area (Å²) in [5.41, 5.74) is 2.45. The molecule has 2 aromatic carbocycles. The van der Waals surface area contributed by atoms with Crippen LogP contribution in [0.5, 0.6) is 0 Å². The number of nitrogens with one attached hydrogen (secondary N) is 1. The molecule has 3 heterocycles. The van der Waals surface area contributed by atoms with Crippen LogP contribution in [0.2, 0.25) is 0 Å². The van der Waals surface area contributed by atoms with Crippen molar-refractivity contribution in [1.29, 1.82) is 5.26 Å². The van der Waals surface area contributed by atoms with Crippen molar-refractivity contribution in [2.45, 2.75) is 18.9 Å². The molecule has 0 spiro atoms. The maximum absolute atomic E-state index is 12.7. The molecular formula is C26H27N5O2. The summed E-state index contributed by atoms with van der Waals surface area (Å²) in [4.78, 5) is 21.9. The van der Waals surface area contributed by atoms with Crippen LogP contribution >= 0.6 is 0 Å². The summed E-state index contributed by atoms with van der Waals surface area (Å²) in [6.07, 6.45) is 3.86. The van der Waals surface area contributed by atoms with Gasteiger partial charge in [-0.25, -0.2) is 0 Å². The Hall–Kier alpha value is -3.47. The lowest BCUT2D eigenvalue weighted by atomic mass is 10.0. The summed E-state index contributed by atoms with van der Waals surface area (Å²) in [7, 11) is 0. The maximum Gasteiger partial charge on any atom is 0.274 e. The number of piperidine rings is 1. The Bertz CT molecular complexity index is 1190. The van der Waals surface area contributed by atoms with Crippen LogP contribution in [-0.2, 0) is 4.74 Å². The first kappa shape index (κ1) is 21.4. The van der Waals surface area contributed by atoms with E-state index < -0.39 is 0 Å². The van der Waals surface area contributed by atoms with Crippen LogP contribution in [0.4, 0.5) is 11.4 Å². The van der Waals surface area contributed by atoms with E-state index in [1.807, 2.05) is 36.4 Å². The summed E-state index contributed by atoms with van der Waals surface area (Å²) >= 11 is 0. The molecule has 5 rings (SSSR count). The Morgan fingerprint density at radius 1 is 1.03 bits per heavy atom. The first-order valence-corrected chi connectivity index (χ1v) is 11.5. The largest absolute Gasteiger partial charge is 0.379 e. The molecule has 1 aromatic heterocycles. The molecule has 0 radical (unpaired) electrons. The quantitative estimate of drug-likeness (QED) is 0.666. The summed E-state index contributed by atoms with van der Waals surface area (Å²) in [6, 6.07) is 18.0. The SMILES string of the molecule is N#Cc1cc(NC(=O)c2cc3ccccc3cn2)ccc1N1CCC(N2CCOCC2)CC1. The van der Waals surface area contributed by atoms with Gasteiger partial charge in [-0.15, -0.1) is 0 Å². The van der Waals surface area contributed by atoms with Crippen LogP contribution in [0, 0.1) is 11.3 Å². The molecule has 2 saturated heterocycles. The van der Waals surface area contributed by atoms with Crippen LogP contribution in [-0.4, -0.2) is 61.2 Å². The van der Waals surface area contributed by atoms with Gasteiger partial charge in [0.1, 0.15) is 11.8 Å². The lowest BCUT2D eigenvalue weighted by molar-refractivity contribution is 0.0115. The Labute approximate surface area is 193 Å². The predicted octanol–water partition coefficient (Wildman–Crippen LogP) is 3.66. The van der Waals surface area contributed by atoms with Gasteiger partial charge in [0.2, 0.25) is 0 Å². The van der Waals surface area contributed by atoms with E-state index in [-0.39, 0.29) is 5.91 Å². The second kappa shape index (κ2) is 9.57. The minimum Gasteiger partial charge on any atom is -0.379 e. The molecule has 0 saturated carbocycles. The summed E-state index contributed by atoms with van der Waals surface area (Å²) < 4.78 is 5.47. The fourth-order valence-corrected chi connectivity index (χ4v) is 4.80. The van der Waals surface area contributed by atoms with Crippen molar-refractivity contribution in [2.24, 2.45) is 0 Å². The number of nitriles is 1. The van der Waals surface area contributed by atoms with Crippen molar-refractivity contribution in [3.05, 3.63) is 66.0 Å². The van der Waals surface area contributed by atoms with Gasteiger partial charge in [0.15, 0.2) is 0 Å². The minimum atomic E-state index is -0.288. The molecule has 3 aromatic rings. The van der Waals surface area contributed by atoms with Crippen molar-refractivity contribution < 1.29 is 9.53 Å². The lowest BCUT2D eigenvalue weighted by Gasteiger charge is -2.41. The summed E-state index contributed by atoms with van der Waals surface area (Å²) in [5.74, 6) is -0.288. The highest BCUT2D eigenvalue weighted by atomic mass is 16.5. The Morgan fingerprint density at radius 3 is 2.55 bits per heavy atom. The number of amides is 1. The Balaban J connectivity index is 1.26. The van der Waals surface area contributed by atoms with E-state index in [1.165, 1.54) is 0 Å². The Morgan fingerprint density at radius 2 is 1.79 bits per heavy atom. The van der Waals surface area contributed by atoms with Gasteiger partial charge in [0, 0.05) is 49.5 Å². The zero-order chi connectivity index (χ0) is 22.6. The number of fused-ring (bicyclic) bond motifs is 1. The molecular weight excluding hydrogens is 414 g/mol. The topological polar surface area (TPSA) is 81.5 Å². The van der Waals surface area contributed by atoms with E-state index in [0.717, 1.165) is 68.7 Å². The third-order valence-corrected chi connectivity index (χ3v) is 6.61. The van der Waals surface area contributed by atoms with Crippen LogP contribution < -0.4 is 10.2 Å². The van der Waals surface area contributed by atoms with Crippen LogP contribution in [0.25, 0.3) is 10.8 Å². The summed E-state index contributed by atoms with van der Waals surface area (Å²) in [6.45, 7) is 5.50. The number of hydrogen-bond acceptors (Lipinski definition) is 6. The second-order valence-electron chi connectivity index (χ2n) is 8.58. The molecule has 0 bridgehead atoms. The molecule has 33 heavy (non-hydrogen) atoms. The van der Waals surface area contributed by atoms with Crippen LogP contribution in [0.15, 0.2) is 54.7 Å². The van der Waals surface area contributed by atoms with Crippen molar-refractivity contribution in [3.63, 3.8) is 0 Å². The van der Waals surface area contributed by atoms with E-state index in [9.17, 15) is 10.1 Å². The van der Waals surface area contributed by atoms with Crippen molar-refractivity contribution in [1.82, 2.24) is 9.88 Å². The number of hydrogen-bond donors (Lipinski definition) is 1. The molecule has 0 atom stereocenters. The third kappa shape index (κ3) is 4.68. The van der Waals surface area contributed by atoms with E-state index in [2.05, 4.69) is 26.2 Å². The lowest BCUT2D eigenvalue weighted by Crippen LogP contribution is -2.49. The number of anilines is 2. The fourth-order valence-electron chi connectivity index (χ4n) is 4.80. The van der Waals surface area contributed by atoms with Gasteiger partial charge in [-0.1, -0.05) is 24.3 Å². The van der Waals surface area contributed by atoms with Crippen LogP contribution in [0.1, 0.15) is 28.9 Å². The molecule has 0 aliphatic carbocycles. The molecule has 0 unspecified atom stereocenters. The first-order chi connectivity index (χ1) is 16.2. The predicted molar refractivity (Wildman–Crippen MR) is 128 cm³/mol. The standard InChI is InChI=1S/C26H27N5O2/c27-17-21-15-22(29-26(32)24-16-19-3-1-2-4-20(19)18-28-24)5-6-25(21)31-9-7-23(8-10-31)30-11-13-33-14-12-30/h1-6,15-16,18,23H,7-14H2,(H,29,32). The van der Waals surface area contributed by atoms with Gasteiger partial charge in [0.25, 0.3) is 5.91 Å². The van der Waals surface area contributed by atoms with Crippen molar-refractivity contribution >= 4 is 28.1 Å². The van der Waals surface area contributed by atoms with Crippen molar-refractivity contribution in [3.8, 4) is 6.07 Å². The van der Waals surface area contributed by atoms with Crippen LogP contribution in [0.3, 0.4) is 0 Å². The van der Waals surface area contributed by atoms with Gasteiger partial charge >= 0.3 is 0 Å². The average molecular weight is 442 g/mol. The molecule has 168 valence electrons. The zero-order valence-electron chi connectivity index (χ0n) is 18.5. The highest BCUT2D eigenvalue weighted by molar-refractivity contribution is 6.05. The second-order valence-corrected chi connectivity index (χ2v) is 8.58. The number of aromatic nitrogens is 1. The highest BCUT2D eigenvalue weighted by Crippen LogP contribution is 2.28. The minimum absolute atomic E-state index is 0.288. The summed E-state index contributed by atoms with van der Waals surface area (Å²) in [5, 5.41) is 14.6. The number of ether oxygens (including phenoxy) is 1. The fraction of sp³-hybridized carbons (Fsp3) is 0.346. The average Bonchev–Trinajstić information content (AvgIpc) is 2.89. The van der Waals surface area contributed by atoms with Gasteiger partial charge in [-0.2, -0.15) is 5.26 Å². The number of nitrogens with zero attached hydrogens (tertiary/aromatic N) is 4. The number of pyridine rings is 1. The van der Waals surface area contributed by atoms with Gasteiger partial charge in [0.05, 0.1) is 24.5 Å². The molecule has 1 amide bonds. The highest BCUT2D eigenvalue weighted by Gasteiger charge is 2.27. The smallest absolute Gasteiger partial charge is 0.274 e. The number of carbonyl (C=O) groups excluding carboxylic acids is 1. The monoisotopic (exact) mass is 441 g/mol. The van der Waals surface area contributed by atoms with Gasteiger partial charge in [-0.05, 0) is 42.5 Å². The van der Waals surface area contributed by atoms with E-state index in [1.54, 1.807) is 18.3 Å². The first-order valence-electron chi connectivity index (χ1n) is 11.5. The van der Waals surface area contributed by atoms with Gasteiger partial charge < -0.3 is 15.0 Å². The molecule has 7 heteroatoms. The number of carbonyl (C=O) groups is 1. The molecule has 2 fully saturated rings. The molecule has 7 nitrogen and oxygen atoms in total. The van der Waals surface area contributed by atoms with E-state index in [0.29, 0.717) is 23.0 Å².